The number of amides is 2. The molecule has 41 heavy (non-hydrogen) atoms. The van der Waals surface area contributed by atoms with Crippen molar-refractivity contribution in [1.82, 2.24) is 44.7 Å². The highest BCUT2D eigenvalue weighted by atomic mass is 32.1. The maximum atomic E-state index is 12.9. The SMILES string of the molecule is O=C(NCc1ccc(-n2cncn2)cc1)OCCCN(Cc1ccc(-n2cncn2)cc1)C(=O)OCc1cncs1. The van der Waals surface area contributed by atoms with E-state index in [0.717, 1.165) is 27.4 Å². The first-order chi connectivity index (χ1) is 20.1. The molecule has 0 saturated carbocycles. The average molecular weight is 574 g/mol. The molecule has 0 fully saturated rings. The van der Waals surface area contributed by atoms with E-state index >= 15 is 0 Å². The number of nitrogens with one attached hydrogen (secondary N) is 1. The minimum absolute atomic E-state index is 0.140. The molecule has 0 aliphatic carbocycles. The molecular weight excluding hydrogens is 546 g/mol. The number of thiazole rings is 1. The van der Waals surface area contributed by atoms with E-state index in [9.17, 15) is 9.59 Å². The van der Waals surface area contributed by atoms with Crippen molar-refractivity contribution in [3.8, 4) is 11.4 Å². The van der Waals surface area contributed by atoms with Gasteiger partial charge in [-0.3, -0.25) is 4.98 Å². The van der Waals surface area contributed by atoms with Gasteiger partial charge >= 0.3 is 12.2 Å². The van der Waals surface area contributed by atoms with Crippen LogP contribution in [0.2, 0.25) is 0 Å². The normalized spacial score (nSPS) is 10.7. The van der Waals surface area contributed by atoms with Gasteiger partial charge in [-0.2, -0.15) is 10.2 Å². The first kappa shape index (κ1) is 27.5. The van der Waals surface area contributed by atoms with Crippen molar-refractivity contribution in [2.75, 3.05) is 13.2 Å². The summed E-state index contributed by atoms with van der Waals surface area (Å²) in [5, 5.41) is 11.0. The van der Waals surface area contributed by atoms with E-state index in [-0.39, 0.29) is 13.2 Å². The van der Waals surface area contributed by atoms with Gasteiger partial charge < -0.3 is 19.7 Å². The molecule has 0 atom stereocenters. The summed E-state index contributed by atoms with van der Waals surface area (Å²) >= 11 is 1.42. The number of nitrogens with zero attached hydrogens (tertiary/aromatic N) is 8. The van der Waals surface area contributed by atoms with Gasteiger partial charge in [-0.1, -0.05) is 24.3 Å². The number of carbonyl (C=O) groups is 2. The number of aromatic nitrogens is 7. The summed E-state index contributed by atoms with van der Waals surface area (Å²) in [4.78, 5) is 39.5. The molecule has 13 nitrogen and oxygen atoms in total. The summed E-state index contributed by atoms with van der Waals surface area (Å²) in [6.45, 7) is 1.27. The van der Waals surface area contributed by atoms with E-state index in [2.05, 4.69) is 30.5 Å². The highest BCUT2D eigenvalue weighted by Gasteiger charge is 2.17. The third-order valence-corrected chi connectivity index (χ3v) is 6.69. The molecule has 0 bridgehead atoms. The summed E-state index contributed by atoms with van der Waals surface area (Å²) in [5.41, 5.74) is 5.24. The first-order valence-corrected chi connectivity index (χ1v) is 13.6. The van der Waals surface area contributed by atoms with Crippen molar-refractivity contribution < 1.29 is 19.1 Å². The van der Waals surface area contributed by atoms with Crippen LogP contribution in [0, 0.1) is 0 Å². The predicted molar refractivity (Wildman–Crippen MR) is 148 cm³/mol. The Bertz CT molecular complexity index is 1490. The Morgan fingerprint density at radius 1 is 0.854 bits per heavy atom. The van der Waals surface area contributed by atoms with E-state index in [1.54, 1.807) is 38.6 Å². The molecule has 0 unspecified atom stereocenters. The van der Waals surface area contributed by atoms with Gasteiger partial charge in [0.1, 0.15) is 31.9 Å². The lowest BCUT2D eigenvalue weighted by Gasteiger charge is -2.22. The van der Waals surface area contributed by atoms with E-state index in [0.29, 0.717) is 26.1 Å². The number of alkyl carbamates (subject to hydrolysis) is 1. The molecule has 0 aliphatic heterocycles. The molecule has 14 heteroatoms. The minimum atomic E-state index is -0.534. The van der Waals surface area contributed by atoms with Crippen molar-refractivity contribution in [3.05, 3.63) is 102 Å². The molecule has 0 saturated heterocycles. The fourth-order valence-corrected chi connectivity index (χ4v) is 4.35. The Hall–Kier alpha value is -5.11. The van der Waals surface area contributed by atoms with Crippen LogP contribution in [0.15, 0.2) is 85.5 Å². The average Bonchev–Trinajstić information content (AvgIpc) is 3.81. The largest absolute Gasteiger partial charge is 0.449 e. The summed E-state index contributed by atoms with van der Waals surface area (Å²) < 4.78 is 14.1. The van der Waals surface area contributed by atoms with Crippen molar-refractivity contribution in [3.63, 3.8) is 0 Å². The van der Waals surface area contributed by atoms with Gasteiger partial charge in [0, 0.05) is 25.8 Å². The Morgan fingerprint density at radius 3 is 2.10 bits per heavy atom. The fraction of sp³-hybridized carbons (Fsp3) is 0.222. The highest BCUT2D eigenvalue weighted by Crippen LogP contribution is 2.14. The van der Waals surface area contributed by atoms with Gasteiger partial charge in [-0.25, -0.2) is 28.9 Å². The van der Waals surface area contributed by atoms with Crippen molar-refractivity contribution in [2.24, 2.45) is 0 Å². The number of hydrogen-bond acceptors (Lipinski definition) is 10. The summed E-state index contributed by atoms with van der Waals surface area (Å²) in [6, 6.07) is 15.2. The van der Waals surface area contributed by atoms with Crippen LogP contribution in [0.3, 0.4) is 0 Å². The van der Waals surface area contributed by atoms with Gasteiger partial charge in [0.2, 0.25) is 0 Å². The van der Waals surface area contributed by atoms with Gasteiger partial charge in [0.05, 0.1) is 28.4 Å². The van der Waals surface area contributed by atoms with Crippen LogP contribution in [0.25, 0.3) is 11.4 Å². The Balaban J connectivity index is 1.09. The lowest BCUT2D eigenvalue weighted by molar-refractivity contribution is 0.0897. The van der Waals surface area contributed by atoms with Crippen molar-refractivity contribution >= 4 is 23.5 Å². The number of benzene rings is 2. The number of carbonyl (C=O) groups excluding carboxylic acids is 2. The molecule has 0 aliphatic rings. The zero-order valence-corrected chi connectivity index (χ0v) is 22.8. The van der Waals surface area contributed by atoms with Crippen LogP contribution in [0.4, 0.5) is 9.59 Å². The van der Waals surface area contributed by atoms with Crippen LogP contribution in [0.1, 0.15) is 22.4 Å². The molecule has 5 rings (SSSR count). The summed E-state index contributed by atoms with van der Waals surface area (Å²) in [5.74, 6) is 0. The van der Waals surface area contributed by atoms with Gasteiger partial charge in [-0.15, -0.1) is 11.3 Å². The topological polar surface area (TPSA) is 142 Å². The van der Waals surface area contributed by atoms with Gasteiger partial charge in [-0.05, 0) is 41.8 Å². The van der Waals surface area contributed by atoms with E-state index in [1.165, 1.54) is 24.0 Å². The van der Waals surface area contributed by atoms with Crippen molar-refractivity contribution in [1.29, 1.82) is 0 Å². The molecular formula is C27H27N9O4S. The lowest BCUT2D eigenvalue weighted by Crippen LogP contribution is -2.33. The molecule has 0 spiro atoms. The molecule has 5 aromatic rings. The van der Waals surface area contributed by atoms with Gasteiger partial charge in [0.25, 0.3) is 0 Å². The number of hydrogen-bond donors (Lipinski definition) is 1. The number of ether oxygens (including phenoxy) is 2. The van der Waals surface area contributed by atoms with Crippen LogP contribution < -0.4 is 5.32 Å². The van der Waals surface area contributed by atoms with E-state index < -0.39 is 12.2 Å². The van der Waals surface area contributed by atoms with Gasteiger partial charge in [0.15, 0.2) is 0 Å². The Morgan fingerprint density at radius 2 is 1.51 bits per heavy atom. The highest BCUT2D eigenvalue weighted by molar-refractivity contribution is 7.09. The Labute approximate surface area is 239 Å². The molecule has 2 aromatic carbocycles. The lowest BCUT2D eigenvalue weighted by atomic mass is 10.2. The monoisotopic (exact) mass is 573 g/mol. The first-order valence-electron chi connectivity index (χ1n) is 12.7. The van der Waals surface area contributed by atoms with E-state index in [4.69, 9.17) is 9.47 Å². The summed E-state index contributed by atoms with van der Waals surface area (Å²) in [7, 11) is 0. The molecule has 3 aromatic heterocycles. The zero-order chi connectivity index (χ0) is 28.3. The zero-order valence-electron chi connectivity index (χ0n) is 21.9. The third-order valence-electron chi connectivity index (χ3n) is 5.93. The predicted octanol–water partition coefficient (Wildman–Crippen LogP) is 3.76. The van der Waals surface area contributed by atoms with Crippen LogP contribution in [0.5, 0.6) is 0 Å². The van der Waals surface area contributed by atoms with Crippen LogP contribution in [-0.2, 0) is 29.2 Å². The third kappa shape index (κ3) is 7.95. The molecule has 3 heterocycles. The number of rotatable bonds is 12. The molecule has 2 amide bonds. The second-order valence-electron chi connectivity index (χ2n) is 8.80. The molecule has 210 valence electrons. The second-order valence-corrected chi connectivity index (χ2v) is 9.77. The Kier molecular flexibility index (Phi) is 9.24. The smallest absolute Gasteiger partial charge is 0.410 e. The quantitative estimate of drug-likeness (QED) is 0.221. The minimum Gasteiger partial charge on any atom is -0.449 e. The molecule has 0 radical (unpaired) electrons. The summed E-state index contributed by atoms with van der Waals surface area (Å²) in [6.07, 6.45) is 7.28. The van der Waals surface area contributed by atoms with E-state index in [1.807, 2.05) is 48.5 Å². The fourth-order valence-electron chi connectivity index (χ4n) is 3.84. The molecule has 1 N–H and O–H groups in total. The van der Waals surface area contributed by atoms with Crippen molar-refractivity contribution in [2.45, 2.75) is 26.1 Å². The van der Waals surface area contributed by atoms with Crippen LogP contribution >= 0.6 is 11.3 Å². The standard InChI is InChI=1S/C27H27N9O4S/c37-26(31-12-21-2-6-23(7-3-21)35-18-29-16-32-35)39-11-1-10-34(27(38)40-15-25-13-28-20-41-25)14-22-4-8-24(9-5-22)36-19-30-17-33-36/h2-9,13,16-20H,1,10-12,14-15H2,(H,31,37). The maximum Gasteiger partial charge on any atom is 0.410 e. The van der Waals surface area contributed by atoms with Crippen LogP contribution in [-0.4, -0.2) is 64.8 Å². The second kappa shape index (κ2) is 13.8. The maximum absolute atomic E-state index is 12.9.